The Morgan fingerprint density at radius 3 is 2.44 bits per heavy atom. The Kier molecular flexibility index (Phi) is 2.18. The molecule has 0 bridgehead atoms. The van der Waals surface area contributed by atoms with Crippen LogP contribution in [0.2, 0.25) is 0 Å². The number of rotatable bonds is 1. The van der Waals surface area contributed by atoms with Gasteiger partial charge in [-0.25, -0.2) is 4.98 Å². The van der Waals surface area contributed by atoms with Gasteiger partial charge in [0.1, 0.15) is 5.82 Å². The maximum Gasteiger partial charge on any atom is 0.138 e. The second-order valence-corrected chi connectivity index (χ2v) is 4.17. The van der Waals surface area contributed by atoms with Crippen LogP contribution in [-0.4, -0.2) is 9.97 Å². The highest BCUT2D eigenvalue weighted by atomic mass is 32.1. The average Bonchev–Trinajstić information content (AvgIpc) is 2.73. The molecule has 0 aliphatic heterocycles. The van der Waals surface area contributed by atoms with E-state index < -0.39 is 0 Å². The van der Waals surface area contributed by atoms with E-state index in [2.05, 4.69) is 22.6 Å². The van der Waals surface area contributed by atoms with Gasteiger partial charge in [0.15, 0.2) is 0 Å². The van der Waals surface area contributed by atoms with E-state index in [0.29, 0.717) is 0 Å². The second-order valence-electron chi connectivity index (χ2n) is 3.65. The van der Waals surface area contributed by atoms with Crippen LogP contribution in [0.5, 0.6) is 0 Å². The van der Waals surface area contributed by atoms with Crippen LogP contribution < -0.4 is 0 Å². The van der Waals surface area contributed by atoms with E-state index in [1.807, 2.05) is 48.5 Å². The quantitative estimate of drug-likeness (QED) is 0.611. The smallest absolute Gasteiger partial charge is 0.138 e. The molecule has 0 atom stereocenters. The Hall–Kier alpha value is -1.74. The van der Waals surface area contributed by atoms with E-state index in [9.17, 15) is 0 Å². The monoisotopic (exact) mass is 226 g/mol. The number of aromatic nitrogens is 2. The summed E-state index contributed by atoms with van der Waals surface area (Å²) >= 11 is 4.26. The summed E-state index contributed by atoms with van der Waals surface area (Å²) in [5.41, 5.74) is 3.13. The van der Waals surface area contributed by atoms with Gasteiger partial charge < -0.3 is 4.98 Å². The van der Waals surface area contributed by atoms with Crippen LogP contribution in [-0.2, 0) is 0 Å². The van der Waals surface area contributed by atoms with Crippen molar-refractivity contribution in [1.82, 2.24) is 9.97 Å². The third-order valence-corrected chi connectivity index (χ3v) is 2.83. The number of aromatic amines is 1. The van der Waals surface area contributed by atoms with Crippen LogP contribution >= 0.6 is 12.6 Å². The minimum absolute atomic E-state index is 0.898. The van der Waals surface area contributed by atoms with Gasteiger partial charge in [-0.1, -0.05) is 24.3 Å². The molecule has 16 heavy (non-hydrogen) atoms. The van der Waals surface area contributed by atoms with Crippen molar-refractivity contribution in [2.75, 3.05) is 0 Å². The van der Waals surface area contributed by atoms with Gasteiger partial charge >= 0.3 is 0 Å². The molecule has 0 aliphatic rings. The number of hydrogen-bond acceptors (Lipinski definition) is 2. The van der Waals surface area contributed by atoms with E-state index in [0.717, 1.165) is 27.3 Å². The van der Waals surface area contributed by atoms with Crippen LogP contribution in [0.15, 0.2) is 53.4 Å². The summed E-state index contributed by atoms with van der Waals surface area (Å²) in [4.78, 5) is 8.79. The minimum Gasteiger partial charge on any atom is -0.338 e. The van der Waals surface area contributed by atoms with E-state index in [1.54, 1.807) is 0 Å². The van der Waals surface area contributed by atoms with Gasteiger partial charge in [-0.3, -0.25) is 0 Å². The molecule has 3 rings (SSSR count). The SMILES string of the molecule is Sc1ccc(-c2nc3ccccc3[nH]2)cc1. The molecule has 0 amide bonds. The van der Waals surface area contributed by atoms with E-state index >= 15 is 0 Å². The Morgan fingerprint density at radius 1 is 0.938 bits per heavy atom. The third kappa shape index (κ3) is 1.59. The van der Waals surface area contributed by atoms with Gasteiger partial charge in [-0.05, 0) is 24.3 Å². The van der Waals surface area contributed by atoms with Crippen molar-refractivity contribution in [3.8, 4) is 11.4 Å². The lowest BCUT2D eigenvalue weighted by molar-refractivity contribution is 1.32. The van der Waals surface area contributed by atoms with Crippen molar-refractivity contribution >= 4 is 23.7 Å². The summed E-state index contributed by atoms with van der Waals surface area (Å²) < 4.78 is 0. The summed E-state index contributed by atoms with van der Waals surface area (Å²) in [5, 5.41) is 0. The van der Waals surface area contributed by atoms with E-state index in [-0.39, 0.29) is 0 Å². The molecule has 0 unspecified atom stereocenters. The molecule has 1 aromatic heterocycles. The van der Waals surface area contributed by atoms with Crippen molar-refractivity contribution in [2.45, 2.75) is 4.90 Å². The zero-order chi connectivity index (χ0) is 11.0. The number of fused-ring (bicyclic) bond motifs is 1. The maximum atomic E-state index is 4.53. The number of nitrogens with one attached hydrogen (secondary N) is 1. The van der Waals surface area contributed by atoms with Crippen LogP contribution in [0.1, 0.15) is 0 Å². The molecule has 2 nitrogen and oxygen atoms in total. The lowest BCUT2D eigenvalue weighted by Gasteiger charge is -1.96. The van der Waals surface area contributed by atoms with E-state index in [1.165, 1.54) is 0 Å². The third-order valence-electron chi connectivity index (χ3n) is 2.53. The molecular formula is C13H10N2S. The molecule has 0 spiro atoms. The lowest BCUT2D eigenvalue weighted by atomic mass is 10.2. The first-order chi connectivity index (χ1) is 7.83. The van der Waals surface area contributed by atoms with Crippen molar-refractivity contribution < 1.29 is 0 Å². The van der Waals surface area contributed by atoms with Crippen molar-refractivity contribution in [2.24, 2.45) is 0 Å². The number of imidazole rings is 1. The van der Waals surface area contributed by atoms with Crippen molar-refractivity contribution in [3.05, 3.63) is 48.5 Å². The summed E-state index contributed by atoms with van der Waals surface area (Å²) in [7, 11) is 0. The number of para-hydroxylation sites is 2. The number of hydrogen-bond donors (Lipinski definition) is 2. The van der Waals surface area contributed by atoms with Gasteiger partial charge in [0.05, 0.1) is 11.0 Å². The topological polar surface area (TPSA) is 28.7 Å². The molecule has 0 aliphatic carbocycles. The predicted molar refractivity (Wildman–Crippen MR) is 68.8 cm³/mol. The van der Waals surface area contributed by atoms with Gasteiger partial charge in [0, 0.05) is 10.5 Å². The molecule has 0 saturated carbocycles. The fraction of sp³-hybridized carbons (Fsp3) is 0. The van der Waals surface area contributed by atoms with Gasteiger partial charge in [-0.2, -0.15) is 0 Å². The highest BCUT2D eigenvalue weighted by molar-refractivity contribution is 7.80. The van der Waals surface area contributed by atoms with Gasteiger partial charge in [-0.15, -0.1) is 12.6 Å². The molecule has 3 heteroatoms. The van der Waals surface area contributed by atoms with Crippen LogP contribution in [0.25, 0.3) is 22.4 Å². The predicted octanol–water partition coefficient (Wildman–Crippen LogP) is 3.52. The second kappa shape index (κ2) is 3.68. The summed E-state index contributed by atoms with van der Waals surface area (Å²) in [6.07, 6.45) is 0. The van der Waals surface area contributed by atoms with Crippen LogP contribution in [0, 0.1) is 0 Å². The number of benzene rings is 2. The summed E-state index contributed by atoms with van der Waals surface area (Å²) in [6.45, 7) is 0. The average molecular weight is 226 g/mol. The molecule has 0 saturated heterocycles. The molecule has 1 N–H and O–H groups in total. The molecule has 0 fully saturated rings. The normalized spacial score (nSPS) is 10.8. The molecular weight excluding hydrogens is 216 g/mol. The largest absolute Gasteiger partial charge is 0.338 e. The minimum atomic E-state index is 0.898. The first kappa shape index (κ1) is 9.48. The fourth-order valence-corrected chi connectivity index (χ4v) is 1.86. The standard InChI is InChI=1S/C13H10N2S/c16-10-7-5-9(6-8-10)13-14-11-3-1-2-4-12(11)15-13/h1-8,16H,(H,14,15). The van der Waals surface area contributed by atoms with Gasteiger partial charge in [0.25, 0.3) is 0 Å². The lowest BCUT2D eigenvalue weighted by Crippen LogP contribution is -1.79. The molecule has 1 heterocycles. The zero-order valence-electron chi connectivity index (χ0n) is 8.51. The Labute approximate surface area is 98.8 Å². The van der Waals surface area contributed by atoms with Crippen LogP contribution in [0.3, 0.4) is 0 Å². The van der Waals surface area contributed by atoms with Gasteiger partial charge in [0.2, 0.25) is 0 Å². The Balaban J connectivity index is 2.15. The first-order valence-electron chi connectivity index (χ1n) is 5.07. The number of thiol groups is 1. The van der Waals surface area contributed by atoms with Crippen molar-refractivity contribution in [3.63, 3.8) is 0 Å². The maximum absolute atomic E-state index is 4.53. The first-order valence-corrected chi connectivity index (χ1v) is 5.52. The molecule has 3 aromatic rings. The number of H-pyrrole nitrogens is 1. The molecule has 78 valence electrons. The molecule has 2 aromatic carbocycles. The van der Waals surface area contributed by atoms with E-state index in [4.69, 9.17) is 0 Å². The fourth-order valence-electron chi connectivity index (χ4n) is 1.71. The number of nitrogens with zero attached hydrogens (tertiary/aromatic N) is 1. The highest BCUT2D eigenvalue weighted by Gasteiger charge is 2.03. The molecule has 0 radical (unpaired) electrons. The Morgan fingerprint density at radius 2 is 1.69 bits per heavy atom. The van der Waals surface area contributed by atoms with Crippen LogP contribution in [0.4, 0.5) is 0 Å². The van der Waals surface area contributed by atoms with Crippen molar-refractivity contribution in [1.29, 1.82) is 0 Å². The summed E-state index contributed by atoms with van der Waals surface area (Å²) in [6, 6.07) is 16.0. The highest BCUT2D eigenvalue weighted by Crippen LogP contribution is 2.21. The summed E-state index contributed by atoms with van der Waals surface area (Å²) in [5.74, 6) is 0.898. The Bertz CT molecular complexity index is 593. The zero-order valence-corrected chi connectivity index (χ0v) is 9.41.